The highest BCUT2D eigenvalue weighted by atomic mass is 16.5. The molecule has 388 valence electrons. The van der Waals surface area contributed by atoms with Crippen LogP contribution in [0.2, 0.25) is 0 Å². The summed E-state index contributed by atoms with van der Waals surface area (Å²) >= 11 is 0. The first-order chi connectivity index (χ1) is 33.5. The molecule has 3 N–H and O–H groups in total. The molecule has 0 bridgehead atoms. The minimum atomic E-state index is -0.831. The van der Waals surface area contributed by atoms with Crippen molar-refractivity contribution in [2.24, 2.45) is 0 Å². The van der Waals surface area contributed by atoms with Crippen molar-refractivity contribution < 1.29 is 24.5 Å². The first-order valence-electron chi connectivity index (χ1n) is 28.2. The zero-order valence-electron chi connectivity index (χ0n) is 44.2. The quantitative estimate of drug-likeness (QED) is 0.0244. The molecule has 1 amide bonds. The number of amides is 1. The Morgan fingerprint density at radius 3 is 1.31 bits per heavy atom. The maximum absolute atomic E-state index is 13.2. The number of allylic oxidation sites excluding steroid dienone is 17. The normalized spacial score (nSPS) is 14.0. The summed E-state index contributed by atoms with van der Waals surface area (Å²) < 4.78 is 5.83. The third kappa shape index (κ3) is 49.0. The molecule has 0 aromatic carbocycles. The van der Waals surface area contributed by atoms with Crippen LogP contribution >= 0.6 is 0 Å². The van der Waals surface area contributed by atoms with Gasteiger partial charge in [0, 0.05) is 6.42 Å². The first-order valence-corrected chi connectivity index (χ1v) is 28.2. The van der Waals surface area contributed by atoms with E-state index in [2.05, 4.69) is 123 Å². The number of carbonyl (C=O) groups is 2. The van der Waals surface area contributed by atoms with Gasteiger partial charge < -0.3 is 20.3 Å². The number of carbonyl (C=O) groups excluding carboxylic acids is 2. The molecule has 3 atom stereocenters. The van der Waals surface area contributed by atoms with E-state index in [1.165, 1.54) is 103 Å². The number of aliphatic hydroxyl groups excluding tert-OH is 2. The zero-order valence-corrected chi connectivity index (χ0v) is 44.2. The number of hydrogen-bond donors (Lipinski definition) is 3. The van der Waals surface area contributed by atoms with Crippen molar-refractivity contribution in [3.63, 3.8) is 0 Å². The molecule has 0 radical (unpaired) electrons. The van der Waals surface area contributed by atoms with Crippen LogP contribution in [0.3, 0.4) is 0 Å². The molecule has 68 heavy (non-hydrogen) atoms. The van der Waals surface area contributed by atoms with E-state index in [1.54, 1.807) is 6.08 Å². The second-order valence-corrected chi connectivity index (χ2v) is 18.7. The molecule has 3 unspecified atom stereocenters. The van der Waals surface area contributed by atoms with E-state index in [1.807, 2.05) is 6.08 Å². The van der Waals surface area contributed by atoms with E-state index in [9.17, 15) is 19.8 Å². The highest BCUT2D eigenvalue weighted by Crippen LogP contribution is 2.16. The van der Waals surface area contributed by atoms with Crippen molar-refractivity contribution in [1.29, 1.82) is 0 Å². The van der Waals surface area contributed by atoms with Crippen LogP contribution in [0.4, 0.5) is 0 Å². The molecule has 0 aromatic heterocycles. The van der Waals surface area contributed by atoms with Crippen molar-refractivity contribution >= 4 is 11.9 Å². The van der Waals surface area contributed by atoms with E-state index in [4.69, 9.17) is 4.74 Å². The SMILES string of the molecule is CC/C=C\C/C=C\C/C=C\C/C=C\C/C=C\C/C=C\C(CC(=O)NC(CO)C(O)CCCCCCCCCCCCCCCC)OC(=O)CCCCCCC/C=C/C=C/C=C/CCCCCCC. The lowest BCUT2D eigenvalue weighted by Crippen LogP contribution is -2.46. The summed E-state index contributed by atoms with van der Waals surface area (Å²) in [6.07, 6.45) is 74.6. The summed E-state index contributed by atoms with van der Waals surface area (Å²) in [4.78, 5) is 26.2. The Morgan fingerprint density at radius 1 is 0.471 bits per heavy atom. The summed E-state index contributed by atoms with van der Waals surface area (Å²) in [7, 11) is 0. The zero-order chi connectivity index (χ0) is 49.5. The second kappa shape index (κ2) is 54.5. The molecule has 0 aliphatic carbocycles. The second-order valence-electron chi connectivity index (χ2n) is 18.7. The standard InChI is InChI=1S/C62H105NO5/c1-4-7-10-13-16-19-22-25-28-30-32-34-37-40-43-46-49-52-55-62(67)68-58(53-50-47-44-41-38-35-33-31-29-26-23-20-17-14-11-8-5-2)56-61(66)63-59(57-64)60(65)54-51-48-45-42-39-36-27-24-21-18-15-12-9-6-3/h8,11,17,20,22,25-26,28-30,32-35,41,44,50,53,58-60,64-65H,4-7,9-10,12-16,18-19,21,23-24,27,31,36-40,42-43,45-49,51-52,54-57H2,1-3H3,(H,63,66)/b11-8-,20-17-,25-22+,29-26-,30-28+,34-32+,35-33-,44-41-,53-50-. The Bertz CT molecular complexity index is 1380. The van der Waals surface area contributed by atoms with Crippen LogP contribution < -0.4 is 5.32 Å². The molecule has 6 nitrogen and oxygen atoms in total. The Balaban J connectivity index is 4.80. The van der Waals surface area contributed by atoms with Gasteiger partial charge in [0.1, 0.15) is 6.10 Å². The molecule has 0 fully saturated rings. The number of rotatable bonds is 49. The molecule has 0 aromatic rings. The smallest absolute Gasteiger partial charge is 0.306 e. The molecular formula is C62H105NO5. The third-order valence-corrected chi connectivity index (χ3v) is 12.1. The van der Waals surface area contributed by atoms with Gasteiger partial charge in [0.15, 0.2) is 0 Å². The summed E-state index contributed by atoms with van der Waals surface area (Å²) in [6.45, 7) is 6.32. The lowest BCUT2D eigenvalue weighted by Gasteiger charge is -2.23. The molecular weight excluding hydrogens is 839 g/mol. The molecule has 0 saturated heterocycles. The number of nitrogens with one attached hydrogen (secondary N) is 1. The van der Waals surface area contributed by atoms with E-state index in [0.717, 1.165) is 96.3 Å². The fraction of sp³-hybridized carbons (Fsp3) is 0.677. The lowest BCUT2D eigenvalue weighted by molar-refractivity contribution is -0.148. The van der Waals surface area contributed by atoms with Crippen LogP contribution in [-0.2, 0) is 14.3 Å². The minimum Gasteiger partial charge on any atom is -0.458 e. The average molecular weight is 945 g/mol. The Hall–Kier alpha value is -3.48. The number of hydrogen-bond acceptors (Lipinski definition) is 5. The van der Waals surface area contributed by atoms with E-state index >= 15 is 0 Å². The van der Waals surface area contributed by atoms with Crippen LogP contribution in [0, 0.1) is 0 Å². The van der Waals surface area contributed by atoms with E-state index in [-0.39, 0.29) is 24.9 Å². The minimum absolute atomic E-state index is 0.0614. The predicted octanol–water partition coefficient (Wildman–Crippen LogP) is 17.5. The van der Waals surface area contributed by atoms with Crippen molar-refractivity contribution in [1.82, 2.24) is 5.32 Å². The van der Waals surface area contributed by atoms with Gasteiger partial charge in [0.2, 0.25) is 5.91 Å². The summed E-state index contributed by atoms with van der Waals surface area (Å²) in [6, 6.07) is -0.755. The van der Waals surface area contributed by atoms with Crippen molar-refractivity contribution in [3.05, 3.63) is 109 Å². The number of aliphatic hydroxyl groups is 2. The maximum Gasteiger partial charge on any atom is 0.306 e. The molecule has 0 saturated carbocycles. The van der Waals surface area contributed by atoms with Gasteiger partial charge in [-0.2, -0.15) is 0 Å². The molecule has 0 rings (SSSR count). The molecule has 0 spiro atoms. The first kappa shape index (κ1) is 64.5. The van der Waals surface area contributed by atoms with Crippen molar-refractivity contribution in [2.45, 2.75) is 264 Å². The fourth-order valence-corrected chi connectivity index (χ4v) is 7.90. The average Bonchev–Trinajstić information content (AvgIpc) is 3.33. The van der Waals surface area contributed by atoms with E-state index in [0.29, 0.717) is 19.3 Å². The van der Waals surface area contributed by atoms with Gasteiger partial charge in [-0.1, -0.05) is 259 Å². The van der Waals surface area contributed by atoms with Gasteiger partial charge >= 0.3 is 5.97 Å². The maximum atomic E-state index is 13.2. The summed E-state index contributed by atoms with van der Waals surface area (Å²) in [5.74, 6) is -0.658. The van der Waals surface area contributed by atoms with Crippen LogP contribution in [0.5, 0.6) is 0 Å². The largest absolute Gasteiger partial charge is 0.458 e. The van der Waals surface area contributed by atoms with Crippen LogP contribution in [-0.4, -0.2) is 46.9 Å². The Labute approximate surface area is 419 Å². The van der Waals surface area contributed by atoms with Crippen LogP contribution in [0.15, 0.2) is 109 Å². The Kier molecular flexibility index (Phi) is 51.7. The molecule has 0 aliphatic rings. The number of ether oxygens (including phenoxy) is 1. The molecule has 0 heterocycles. The van der Waals surface area contributed by atoms with Crippen LogP contribution in [0.1, 0.15) is 245 Å². The fourth-order valence-electron chi connectivity index (χ4n) is 7.90. The molecule has 6 heteroatoms. The van der Waals surface area contributed by atoms with Gasteiger partial charge in [0.25, 0.3) is 0 Å². The lowest BCUT2D eigenvalue weighted by atomic mass is 10.0. The number of unbranched alkanes of at least 4 members (excludes halogenated alkanes) is 23. The van der Waals surface area contributed by atoms with Gasteiger partial charge in [-0.05, 0) is 83.1 Å². The van der Waals surface area contributed by atoms with Gasteiger partial charge in [0.05, 0.1) is 25.2 Å². The van der Waals surface area contributed by atoms with Crippen LogP contribution in [0.25, 0.3) is 0 Å². The summed E-state index contributed by atoms with van der Waals surface area (Å²) in [5, 5.41) is 23.8. The van der Waals surface area contributed by atoms with Gasteiger partial charge in [-0.3, -0.25) is 9.59 Å². The van der Waals surface area contributed by atoms with Crippen molar-refractivity contribution in [3.8, 4) is 0 Å². The van der Waals surface area contributed by atoms with Gasteiger partial charge in [-0.15, -0.1) is 0 Å². The Morgan fingerprint density at radius 2 is 0.868 bits per heavy atom. The third-order valence-electron chi connectivity index (χ3n) is 12.1. The summed E-state index contributed by atoms with van der Waals surface area (Å²) in [5.41, 5.74) is 0. The highest BCUT2D eigenvalue weighted by molar-refractivity contribution is 5.78. The molecule has 0 aliphatic heterocycles. The number of esters is 1. The van der Waals surface area contributed by atoms with E-state index < -0.39 is 18.2 Å². The van der Waals surface area contributed by atoms with Crippen molar-refractivity contribution in [2.75, 3.05) is 6.61 Å². The topological polar surface area (TPSA) is 95.9 Å². The monoisotopic (exact) mass is 944 g/mol. The predicted molar refractivity (Wildman–Crippen MR) is 296 cm³/mol. The van der Waals surface area contributed by atoms with Gasteiger partial charge in [-0.25, -0.2) is 0 Å². The highest BCUT2D eigenvalue weighted by Gasteiger charge is 2.23.